The molecule has 1 aromatic heterocycles. The predicted octanol–water partition coefficient (Wildman–Crippen LogP) is 17.7. The van der Waals surface area contributed by atoms with E-state index >= 15 is 0 Å². The van der Waals surface area contributed by atoms with Gasteiger partial charge in [0.2, 0.25) is 0 Å². The van der Waals surface area contributed by atoms with E-state index in [1.807, 2.05) is 0 Å². The average molecular weight is 841 g/mol. The van der Waals surface area contributed by atoms with Crippen molar-refractivity contribution >= 4 is 49.6 Å². The van der Waals surface area contributed by atoms with E-state index in [9.17, 15) is 0 Å². The van der Waals surface area contributed by atoms with Crippen molar-refractivity contribution in [2.75, 3.05) is 4.90 Å². The van der Waals surface area contributed by atoms with Crippen LogP contribution in [-0.2, 0) is 0 Å². The standard InChI is InChI=1S/C64H44N2/c1-3-17-49(18-4-1)56-22-9-10-25-60(56)64-57(50-19-5-2-6-20-50)26-15-29-63(64)65(54-40-36-48(37-41-54)52-31-30-45-16-7-8-21-51(45)44-52)53-38-32-46(33-39-53)47-34-42-55(43-35-47)66-61-27-13-11-23-58(61)59-24-12-14-28-62(59)66/h1-44H. The Labute approximate surface area is 385 Å². The van der Waals surface area contributed by atoms with Crippen molar-refractivity contribution in [3.8, 4) is 61.3 Å². The van der Waals surface area contributed by atoms with E-state index in [-0.39, 0.29) is 0 Å². The molecule has 0 aliphatic heterocycles. The molecule has 0 radical (unpaired) electrons. The minimum Gasteiger partial charge on any atom is -0.310 e. The van der Waals surface area contributed by atoms with Gasteiger partial charge in [-0.1, -0.05) is 206 Å². The van der Waals surface area contributed by atoms with Crippen molar-refractivity contribution in [3.63, 3.8) is 0 Å². The summed E-state index contributed by atoms with van der Waals surface area (Å²) >= 11 is 0. The summed E-state index contributed by atoms with van der Waals surface area (Å²) in [4.78, 5) is 2.43. The lowest BCUT2D eigenvalue weighted by molar-refractivity contribution is 1.18. The Hall–Kier alpha value is -8.72. The number of hydrogen-bond acceptors (Lipinski definition) is 1. The van der Waals surface area contributed by atoms with Gasteiger partial charge in [-0.05, 0) is 122 Å². The van der Waals surface area contributed by atoms with Gasteiger partial charge in [-0.3, -0.25) is 0 Å². The molecule has 0 amide bonds. The van der Waals surface area contributed by atoms with Gasteiger partial charge in [0.15, 0.2) is 0 Å². The van der Waals surface area contributed by atoms with Crippen LogP contribution in [0.25, 0.3) is 93.9 Å². The maximum Gasteiger partial charge on any atom is 0.0546 e. The summed E-state index contributed by atoms with van der Waals surface area (Å²) in [5, 5.41) is 5.01. The Kier molecular flexibility index (Phi) is 9.89. The zero-order chi connectivity index (χ0) is 43.8. The number of hydrogen-bond donors (Lipinski definition) is 0. The van der Waals surface area contributed by atoms with Crippen molar-refractivity contribution in [2.24, 2.45) is 0 Å². The van der Waals surface area contributed by atoms with Crippen LogP contribution in [0.5, 0.6) is 0 Å². The molecule has 0 saturated carbocycles. The van der Waals surface area contributed by atoms with Gasteiger partial charge < -0.3 is 9.47 Å². The van der Waals surface area contributed by atoms with Crippen molar-refractivity contribution in [3.05, 3.63) is 267 Å². The number of aromatic nitrogens is 1. The molecule has 0 aliphatic rings. The first-order chi connectivity index (χ1) is 32.7. The molecule has 0 spiro atoms. The molecule has 2 nitrogen and oxygen atoms in total. The molecule has 1 heterocycles. The van der Waals surface area contributed by atoms with E-state index in [0.717, 1.165) is 28.3 Å². The van der Waals surface area contributed by atoms with Crippen molar-refractivity contribution in [1.29, 1.82) is 0 Å². The summed E-state index contributed by atoms with van der Waals surface area (Å²) in [5.41, 5.74) is 18.6. The van der Waals surface area contributed by atoms with Gasteiger partial charge >= 0.3 is 0 Å². The van der Waals surface area contributed by atoms with Gasteiger partial charge in [0, 0.05) is 33.4 Å². The Morgan fingerprint density at radius 3 is 1.35 bits per heavy atom. The van der Waals surface area contributed by atoms with E-state index in [1.165, 1.54) is 82.6 Å². The van der Waals surface area contributed by atoms with Crippen LogP contribution in [0, 0.1) is 0 Å². The molecule has 12 aromatic rings. The molecule has 0 unspecified atom stereocenters. The summed E-state index contributed by atoms with van der Waals surface area (Å²) < 4.78 is 2.37. The highest BCUT2D eigenvalue weighted by molar-refractivity contribution is 6.09. The molecule has 66 heavy (non-hydrogen) atoms. The summed E-state index contributed by atoms with van der Waals surface area (Å²) in [6.45, 7) is 0. The number of fused-ring (bicyclic) bond motifs is 4. The van der Waals surface area contributed by atoms with Crippen LogP contribution >= 0.6 is 0 Å². The maximum atomic E-state index is 2.43. The first-order valence-corrected chi connectivity index (χ1v) is 22.7. The highest BCUT2D eigenvalue weighted by Gasteiger charge is 2.23. The molecule has 0 saturated heterocycles. The molecular weight excluding hydrogens is 797 g/mol. The third kappa shape index (κ3) is 7.02. The zero-order valence-corrected chi connectivity index (χ0v) is 36.3. The van der Waals surface area contributed by atoms with E-state index in [1.54, 1.807) is 0 Å². The van der Waals surface area contributed by atoms with Crippen LogP contribution in [0.1, 0.15) is 0 Å². The molecule has 0 N–H and O–H groups in total. The average Bonchev–Trinajstić information content (AvgIpc) is 3.74. The van der Waals surface area contributed by atoms with Gasteiger partial charge in [-0.25, -0.2) is 0 Å². The lowest BCUT2D eigenvalue weighted by Gasteiger charge is -2.30. The molecule has 12 rings (SSSR count). The van der Waals surface area contributed by atoms with Crippen LogP contribution in [-0.4, -0.2) is 4.57 Å². The lowest BCUT2D eigenvalue weighted by Crippen LogP contribution is -2.12. The normalized spacial score (nSPS) is 11.3. The van der Waals surface area contributed by atoms with Crippen molar-refractivity contribution in [2.45, 2.75) is 0 Å². The first-order valence-electron chi connectivity index (χ1n) is 22.7. The Morgan fingerprint density at radius 2 is 0.727 bits per heavy atom. The van der Waals surface area contributed by atoms with Crippen LogP contribution in [0.15, 0.2) is 267 Å². The zero-order valence-electron chi connectivity index (χ0n) is 36.3. The van der Waals surface area contributed by atoms with Gasteiger partial charge in [-0.2, -0.15) is 0 Å². The summed E-state index contributed by atoms with van der Waals surface area (Å²) in [6.07, 6.45) is 0. The maximum absolute atomic E-state index is 2.43. The largest absolute Gasteiger partial charge is 0.310 e. The van der Waals surface area contributed by atoms with E-state index < -0.39 is 0 Å². The van der Waals surface area contributed by atoms with Gasteiger partial charge in [0.05, 0.1) is 16.7 Å². The highest BCUT2D eigenvalue weighted by Crippen LogP contribution is 2.48. The van der Waals surface area contributed by atoms with Crippen molar-refractivity contribution in [1.82, 2.24) is 4.57 Å². The number of nitrogens with zero attached hydrogens (tertiary/aromatic N) is 2. The quantitative estimate of drug-likeness (QED) is 0.141. The predicted molar refractivity (Wildman–Crippen MR) is 280 cm³/mol. The van der Waals surface area contributed by atoms with E-state index in [4.69, 9.17) is 0 Å². The number of benzene rings is 11. The Morgan fingerprint density at radius 1 is 0.273 bits per heavy atom. The van der Waals surface area contributed by atoms with Gasteiger partial charge in [0.25, 0.3) is 0 Å². The Bertz CT molecular complexity index is 3610. The third-order valence-electron chi connectivity index (χ3n) is 13.0. The first kappa shape index (κ1) is 38.9. The second-order valence-electron chi connectivity index (χ2n) is 16.9. The summed E-state index contributed by atoms with van der Waals surface area (Å²) in [5.74, 6) is 0. The fourth-order valence-electron chi connectivity index (χ4n) is 9.84. The molecule has 0 aliphatic carbocycles. The molecule has 0 bridgehead atoms. The second-order valence-corrected chi connectivity index (χ2v) is 16.9. The molecule has 11 aromatic carbocycles. The number of para-hydroxylation sites is 2. The molecule has 2 heteroatoms. The van der Waals surface area contributed by atoms with Crippen LogP contribution < -0.4 is 4.90 Å². The second kappa shape index (κ2) is 16.8. The van der Waals surface area contributed by atoms with E-state index in [0.29, 0.717) is 0 Å². The van der Waals surface area contributed by atoms with Crippen LogP contribution in [0.4, 0.5) is 17.1 Å². The van der Waals surface area contributed by atoms with E-state index in [2.05, 4.69) is 276 Å². The lowest BCUT2D eigenvalue weighted by atomic mass is 9.87. The fourth-order valence-corrected chi connectivity index (χ4v) is 9.84. The van der Waals surface area contributed by atoms with Gasteiger partial charge in [-0.15, -0.1) is 0 Å². The number of rotatable bonds is 9. The smallest absolute Gasteiger partial charge is 0.0546 e. The monoisotopic (exact) mass is 840 g/mol. The summed E-state index contributed by atoms with van der Waals surface area (Å²) in [7, 11) is 0. The molecule has 0 atom stereocenters. The number of anilines is 3. The van der Waals surface area contributed by atoms with Crippen LogP contribution in [0.3, 0.4) is 0 Å². The van der Waals surface area contributed by atoms with Crippen molar-refractivity contribution < 1.29 is 0 Å². The third-order valence-corrected chi connectivity index (χ3v) is 13.0. The molecule has 0 fully saturated rings. The topological polar surface area (TPSA) is 8.17 Å². The molecule has 310 valence electrons. The Balaban J connectivity index is 0.996. The molecular formula is C64H44N2. The fraction of sp³-hybridized carbons (Fsp3) is 0. The SMILES string of the molecule is c1ccc(-c2ccccc2-c2c(-c3ccccc3)cccc2N(c2ccc(-c3ccc(-n4c5ccccc5c5ccccc54)cc3)cc2)c2ccc(-c3ccc4ccccc4c3)cc2)cc1. The minimum absolute atomic E-state index is 1.07. The minimum atomic E-state index is 1.07. The van der Waals surface area contributed by atoms with Crippen LogP contribution in [0.2, 0.25) is 0 Å². The summed E-state index contributed by atoms with van der Waals surface area (Å²) in [6, 6.07) is 96.9. The van der Waals surface area contributed by atoms with Gasteiger partial charge in [0.1, 0.15) is 0 Å². The highest BCUT2D eigenvalue weighted by atomic mass is 15.1.